The third kappa shape index (κ3) is 1.62. The van der Waals surface area contributed by atoms with Gasteiger partial charge < -0.3 is 10.0 Å². The lowest BCUT2D eigenvalue weighted by molar-refractivity contribution is 0.0462. The van der Waals surface area contributed by atoms with Crippen LogP contribution in [0.4, 0.5) is 0 Å². The molecule has 2 rings (SSSR count). The lowest BCUT2D eigenvalue weighted by atomic mass is 9.78. The third-order valence-corrected chi connectivity index (χ3v) is 4.14. The molecule has 1 aliphatic heterocycles. The molecule has 1 N–H and O–H groups in total. The Balaban J connectivity index is 2.08. The predicted octanol–water partition coefficient (Wildman–Crippen LogP) is 1.20. The number of hydrogen-bond donors (Lipinski definition) is 1. The van der Waals surface area contributed by atoms with Gasteiger partial charge in [0.05, 0.1) is 0 Å². The molecule has 2 nitrogen and oxygen atoms in total. The number of hydrogen-bond acceptors (Lipinski definition) is 2. The van der Waals surface area contributed by atoms with E-state index in [1.54, 1.807) is 0 Å². The first-order valence-electron chi connectivity index (χ1n) is 5.51. The van der Waals surface area contributed by atoms with Crippen LogP contribution in [0.25, 0.3) is 0 Å². The Kier molecular flexibility index (Phi) is 2.61. The van der Waals surface area contributed by atoms with Crippen molar-refractivity contribution in [3.05, 3.63) is 0 Å². The van der Waals surface area contributed by atoms with E-state index in [9.17, 15) is 5.11 Å². The van der Waals surface area contributed by atoms with Crippen molar-refractivity contribution in [1.82, 2.24) is 4.90 Å². The topological polar surface area (TPSA) is 23.5 Å². The van der Waals surface area contributed by atoms with Crippen molar-refractivity contribution in [2.24, 2.45) is 23.7 Å². The van der Waals surface area contributed by atoms with Crippen molar-refractivity contribution in [2.75, 3.05) is 26.7 Å². The number of aliphatic hydroxyl groups is 1. The van der Waals surface area contributed by atoms with Crippen molar-refractivity contribution in [3.8, 4) is 0 Å². The fraction of sp³-hybridized carbons (Fsp3) is 1.00. The van der Waals surface area contributed by atoms with Gasteiger partial charge in [0.2, 0.25) is 0 Å². The van der Waals surface area contributed by atoms with E-state index >= 15 is 0 Å². The summed E-state index contributed by atoms with van der Waals surface area (Å²) in [5.74, 6) is 3.10. The molecule has 1 saturated heterocycles. The van der Waals surface area contributed by atoms with Crippen LogP contribution >= 0.6 is 0 Å². The molecule has 2 aliphatic rings. The van der Waals surface area contributed by atoms with Gasteiger partial charge in [0.25, 0.3) is 0 Å². The summed E-state index contributed by atoms with van der Waals surface area (Å²) in [6, 6.07) is 0. The van der Waals surface area contributed by atoms with Crippen molar-refractivity contribution in [2.45, 2.75) is 19.8 Å². The average molecular weight is 183 g/mol. The number of aliphatic hydroxyl groups excluding tert-OH is 1. The van der Waals surface area contributed by atoms with Gasteiger partial charge in [-0.25, -0.2) is 0 Å². The highest BCUT2D eigenvalue weighted by Crippen LogP contribution is 2.43. The SMILES string of the molecule is C[C@@H]1CC[C@H]2[C@@H](CO)CN(C)C[C@H]21. The molecule has 76 valence electrons. The molecule has 4 atom stereocenters. The Hall–Kier alpha value is -0.0800. The Bertz CT molecular complexity index is 183. The monoisotopic (exact) mass is 183 g/mol. The molecule has 0 aromatic carbocycles. The zero-order valence-corrected chi connectivity index (χ0v) is 8.74. The molecule has 13 heavy (non-hydrogen) atoms. The minimum absolute atomic E-state index is 0.387. The van der Waals surface area contributed by atoms with E-state index in [1.807, 2.05) is 0 Å². The lowest BCUT2D eigenvalue weighted by Crippen LogP contribution is -2.45. The molecule has 1 saturated carbocycles. The number of likely N-dealkylation sites (tertiary alicyclic amines) is 1. The summed E-state index contributed by atoms with van der Waals surface area (Å²) in [5, 5.41) is 9.32. The fourth-order valence-corrected chi connectivity index (χ4v) is 3.37. The van der Waals surface area contributed by atoms with E-state index in [2.05, 4.69) is 18.9 Å². The van der Waals surface area contributed by atoms with Gasteiger partial charge in [0.15, 0.2) is 0 Å². The fourth-order valence-electron chi connectivity index (χ4n) is 3.37. The highest BCUT2D eigenvalue weighted by molar-refractivity contribution is 4.92. The highest BCUT2D eigenvalue weighted by atomic mass is 16.3. The van der Waals surface area contributed by atoms with Gasteiger partial charge in [0, 0.05) is 19.7 Å². The zero-order chi connectivity index (χ0) is 9.42. The second-order valence-corrected chi connectivity index (χ2v) is 5.05. The van der Waals surface area contributed by atoms with Gasteiger partial charge >= 0.3 is 0 Å². The van der Waals surface area contributed by atoms with Crippen molar-refractivity contribution in [3.63, 3.8) is 0 Å². The molecule has 0 radical (unpaired) electrons. The molecule has 0 spiro atoms. The maximum absolute atomic E-state index is 9.32. The third-order valence-electron chi connectivity index (χ3n) is 4.14. The summed E-state index contributed by atoms with van der Waals surface area (Å²) in [5.41, 5.74) is 0. The van der Waals surface area contributed by atoms with Gasteiger partial charge in [-0.05, 0) is 37.1 Å². The zero-order valence-electron chi connectivity index (χ0n) is 8.74. The van der Waals surface area contributed by atoms with Gasteiger partial charge in [-0.2, -0.15) is 0 Å². The lowest BCUT2D eigenvalue weighted by Gasteiger charge is -2.39. The van der Waals surface area contributed by atoms with Gasteiger partial charge in [-0.3, -0.25) is 0 Å². The smallest absolute Gasteiger partial charge is 0.0474 e. The molecular weight excluding hydrogens is 162 g/mol. The number of nitrogens with zero attached hydrogens (tertiary/aromatic N) is 1. The van der Waals surface area contributed by atoms with Gasteiger partial charge in [0.1, 0.15) is 0 Å². The first kappa shape index (κ1) is 9.47. The van der Waals surface area contributed by atoms with Crippen LogP contribution in [0, 0.1) is 23.7 Å². The van der Waals surface area contributed by atoms with E-state index in [0.29, 0.717) is 12.5 Å². The standard InChI is InChI=1S/C11H21NO/c1-8-3-4-10-9(7-13)5-12(2)6-11(8)10/h8-11,13H,3-7H2,1-2H3/t8-,9-,10+,11+/m1/s1. The average Bonchev–Trinajstić information content (AvgIpc) is 2.47. The van der Waals surface area contributed by atoms with Crippen molar-refractivity contribution < 1.29 is 5.11 Å². The number of piperidine rings is 1. The van der Waals surface area contributed by atoms with E-state index in [0.717, 1.165) is 24.3 Å². The van der Waals surface area contributed by atoms with Gasteiger partial charge in [-0.15, -0.1) is 0 Å². The minimum Gasteiger partial charge on any atom is -0.396 e. The summed E-state index contributed by atoms with van der Waals surface area (Å²) in [6.45, 7) is 5.11. The Morgan fingerprint density at radius 1 is 1.23 bits per heavy atom. The minimum atomic E-state index is 0.387. The van der Waals surface area contributed by atoms with Crippen LogP contribution in [0.2, 0.25) is 0 Å². The second kappa shape index (κ2) is 3.58. The van der Waals surface area contributed by atoms with Crippen molar-refractivity contribution >= 4 is 0 Å². The van der Waals surface area contributed by atoms with Crippen LogP contribution in [0.1, 0.15) is 19.8 Å². The van der Waals surface area contributed by atoms with Crippen LogP contribution in [0.3, 0.4) is 0 Å². The van der Waals surface area contributed by atoms with E-state index in [4.69, 9.17) is 0 Å². The molecule has 0 bridgehead atoms. The molecule has 0 amide bonds. The molecule has 0 aromatic rings. The largest absolute Gasteiger partial charge is 0.396 e. The summed E-state index contributed by atoms with van der Waals surface area (Å²) in [6.07, 6.45) is 2.73. The van der Waals surface area contributed by atoms with Crippen LogP contribution in [0.5, 0.6) is 0 Å². The molecule has 2 heteroatoms. The van der Waals surface area contributed by atoms with Gasteiger partial charge in [-0.1, -0.05) is 13.3 Å². The highest BCUT2D eigenvalue weighted by Gasteiger charge is 2.41. The van der Waals surface area contributed by atoms with Crippen molar-refractivity contribution in [1.29, 1.82) is 0 Å². The summed E-state index contributed by atoms with van der Waals surface area (Å²) in [7, 11) is 2.18. The Morgan fingerprint density at radius 3 is 2.69 bits per heavy atom. The Labute approximate surface area is 80.9 Å². The summed E-state index contributed by atoms with van der Waals surface area (Å²) < 4.78 is 0. The van der Waals surface area contributed by atoms with Crippen LogP contribution in [-0.2, 0) is 0 Å². The molecule has 0 aromatic heterocycles. The van der Waals surface area contributed by atoms with E-state index < -0.39 is 0 Å². The quantitative estimate of drug-likeness (QED) is 0.660. The maximum Gasteiger partial charge on any atom is 0.0474 e. The van der Waals surface area contributed by atoms with Crippen LogP contribution < -0.4 is 0 Å². The number of fused-ring (bicyclic) bond motifs is 1. The predicted molar refractivity (Wildman–Crippen MR) is 53.5 cm³/mol. The van der Waals surface area contributed by atoms with Crippen LogP contribution in [-0.4, -0.2) is 36.8 Å². The van der Waals surface area contributed by atoms with E-state index in [1.165, 1.54) is 19.4 Å². The second-order valence-electron chi connectivity index (χ2n) is 5.05. The normalized spacial score (nSPS) is 46.4. The number of rotatable bonds is 1. The first-order chi connectivity index (χ1) is 6.22. The summed E-state index contributed by atoms with van der Waals surface area (Å²) >= 11 is 0. The first-order valence-corrected chi connectivity index (χ1v) is 5.51. The molecule has 1 heterocycles. The molecule has 0 unspecified atom stereocenters. The molecular formula is C11H21NO. The summed E-state index contributed by atoms with van der Waals surface area (Å²) in [4.78, 5) is 2.39. The molecule has 2 fully saturated rings. The maximum atomic E-state index is 9.32. The molecule has 1 aliphatic carbocycles. The Morgan fingerprint density at radius 2 is 2.00 bits per heavy atom. The van der Waals surface area contributed by atoms with E-state index in [-0.39, 0.29) is 0 Å². The van der Waals surface area contributed by atoms with Crippen LogP contribution in [0.15, 0.2) is 0 Å².